The molecule has 21 heavy (non-hydrogen) atoms. The first-order valence-electron chi connectivity index (χ1n) is 6.83. The van der Waals surface area contributed by atoms with Crippen LogP contribution < -0.4 is 15.1 Å². The van der Waals surface area contributed by atoms with Crippen LogP contribution in [0.15, 0.2) is 27.4 Å². The van der Waals surface area contributed by atoms with Crippen LogP contribution in [0.1, 0.15) is 34.6 Å². The molecule has 0 aliphatic rings. The minimum absolute atomic E-state index is 0.138. The Bertz CT molecular complexity index is 707. The third-order valence-electron chi connectivity index (χ3n) is 2.59. The van der Waals surface area contributed by atoms with Crippen LogP contribution >= 0.6 is 0 Å². The van der Waals surface area contributed by atoms with E-state index in [1.807, 2.05) is 34.6 Å². The van der Waals surface area contributed by atoms with Crippen molar-refractivity contribution >= 4 is 11.0 Å². The van der Waals surface area contributed by atoms with Gasteiger partial charge in [0.1, 0.15) is 16.9 Å². The van der Waals surface area contributed by atoms with Gasteiger partial charge in [0, 0.05) is 6.07 Å². The number of fused-ring (bicyclic) bond motifs is 1. The van der Waals surface area contributed by atoms with Gasteiger partial charge in [-0.25, -0.2) is 4.79 Å². The second-order valence-electron chi connectivity index (χ2n) is 6.11. The Hall–Kier alpha value is -2.17. The number of hydrogen-bond donors (Lipinski definition) is 1. The molecular weight excluding hydrogens is 272 g/mol. The van der Waals surface area contributed by atoms with E-state index in [0.717, 1.165) is 0 Å². The standard InChI is InChI=1S/C16H20O5/c1-9(2)19-14-11-7-6-10(21-16(3,4)5)8-12(11)20-15(18)13(14)17/h6-9,17H,1-5H3. The van der Waals surface area contributed by atoms with E-state index in [2.05, 4.69) is 0 Å². The zero-order chi connectivity index (χ0) is 15.8. The van der Waals surface area contributed by atoms with E-state index in [4.69, 9.17) is 13.9 Å². The number of benzene rings is 1. The molecule has 0 saturated carbocycles. The average Bonchev–Trinajstić information content (AvgIpc) is 2.32. The minimum Gasteiger partial charge on any atom is -0.499 e. The zero-order valence-corrected chi connectivity index (χ0v) is 12.9. The lowest BCUT2D eigenvalue weighted by Gasteiger charge is -2.21. The summed E-state index contributed by atoms with van der Waals surface area (Å²) in [4.78, 5) is 11.7. The van der Waals surface area contributed by atoms with Crippen molar-refractivity contribution in [1.29, 1.82) is 0 Å². The summed E-state index contributed by atoms with van der Waals surface area (Å²) in [6.45, 7) is 9.42. The molecule has 0 atom stereocenters. The molecule has 1 N–H and O–H groups in total. The van der Waals surface area contributed by atoms with Gasteiger partial charge >= 0.3 is 5.63 Å². The first kappa shape index (κ1) is 15.2. The van der Waals surface area contributed by atoms with Gasteiger partial charge in [0.15, 0.2) is 5.75 Å². The van der Waals surface area contributed by atoms with E-state index in [9.17, 15) is 9.90 Å². The maximum Gasteiger partial charge on any atom is 0.382 e. The highest BCUT2D eigenvalue weighted by molar-refractivity contribution is 5.86. The molecule has 0 radical (unpaired) electrons. The highest BCUT2D eigenvalue weighted by atomic mass is 16.5. The molecule has 114 valence electrons. The lowest BCUT2D eigenvalue weighted by Crippen LogP contribution is -2.22. The topological polar surface area (TPSA) is 68.9 Å². The summed E-state index contributed by atoms with van der Waals surface area (Å²) in [5.41, 5.74) is -0.872. The molecule has 0 saturated heterocycles. The van der Waals surface area contributed by atoms with E-state index in [-0.39, 0.29) is 17.5 Å². The van der Waals surface area contributed by atoms with Crippen LogP contribution in [0.2, 0.25) is 0 Å². The quantitative estimate of drug-likeness (QED) is 0.877. The number of aromatic hydroxyl groups is 1. The molecule has 0 spiro atoms. The molecule has 5 heteroatoms. The molecule has 0 aliphatic carbocycles. The fourth-order valence-corrected chi connectivity index (χ4v) is 1.92. The van der Waals surface area contributed by atoms with Crippen molar-refractivity contribution in [3.05, 3.63) is 28.6 Å². The van der Waals surface area contributed by atoms with E-state index in [0.29, 0.717) is 16.7 Å². The molecule has 1 aromatic carbocycles. The first-order chi connectivity index (χ1) is 9.67. The molecule has 1 heterocycles. The van der Waals surface area contributed by atoms with Crippen molar-refractivity contribution in [3.8, 4) is 17.2 Å². The normalized spacial score (nSPS) is 11.9. The highest BCUT2D eigenvalue weighted by Crippen LogP contribution is 2.34. The second-order valence-corrected chi connectivity index (χ2v) is 6.11. The van der Waals surface area contributed by atoms with Crippen LogP contribution in [0.4, 0.5) is 0 Å². The lowest BCUT2D eigenvalue weighted by atomic mass is 10.1. The largest absolute Gasteiger partial charge is 0.499 e. The summed E-state index contributed by atoms with van der Waals surface area (Å²) in [6.07, 6.45) is -0.175. The SMILES string of the molecule is CC(C)Oc1c(O)c(=O)oc2cc(OC(C)(C)C)ccc12. The van der Waals surface area contributed by atoms with Gasteiger partial charge in [-0.1, -0.05) is 0 Å². The number of ether oxygens (including phenoxy) is 2. The molecule has 0 fully saturated rings. The van der Waals surface area contributed by atoms with E-state index >= 15 is 0 Å². The molecule has 2 rings (SSSR count). The smallest absolute Gasteiger partial charge is 0.382 e. The Morgan fingerprint density at radius 3 is 2.48 bits per heavy atom. The first-order valence-corrected chi connectivity index (χ1v) is 6.83. The molecule has 2 aromatic rings. The predicted octanol–water partition coefficient (Wildman–Crippen LogP) is 3.46. The lowest BCUT2D eigenvalue weighted by molar-refractivity contribution is 0.131. The maximum absolute atomic E-state index is 11.7. The fraction of sp³-hybridized carbons (Fsp3) is 0.438. The van der Waals surface area contributed by atoms with Crippen LogP contribution in [0.25, 0.3) is 11.0 Å². The summed E-state index contributed by atoms with van der Waals surface area (Å²) in [5.74, 6) is 0.207. The number of hydrogen-bond acceptors (Lipinski definition) is 5. The summed E-state index contributed by atoms with van der Waals surface area (Å²) in [7, 11) is 0. The summed E-state index contributed by atoms with van der Waals surface area (Å²) in [6, 6.07) is 5.07. The van der Waals surface area contributed by atoms with Crippen LogP contribution in [0.3, 0.4) is 0 Å². The third-order valence-corrected chi connectivity index (χ3v) is 2.59. The Kier molecular flexibility index (Phi) is 3.85. The third kappa shape index (κ3) is 3.48. The molecule has 0 aliphatic heterocycles. The van der Waals surface area contributed by atoms with Crippen LogP contribution in [-0.2, 0) is 0 Å². The van der Waals surface area contributed by atoms with Crippen LogP contribution in [0, 0.1) is 0 Å². The van der Waals surface area contributed by atoms with Crippen molar-refractivity contribution in [2.45, 2.75) is 46.3 Å². The van der Waals surface area contributed by atoms with E-state index < -0.39 is 11.4 Å². The van der Waals surface area contributed by atoms with E-state index in [1.165, 1.54) is 0 Å². The van der Waals surface area contributed by atoms with Gasteiger partial charge in [0.25, 0.3) is 0 Å². The van der Waals surface area contributed by atoms with Gasteiger partial charge in [-0.05, 0) is 46.8 Å². The molecule has 0 bridgehead atoms. The van der Waals surface area contributed by atoms with Crippen LogP contribution in [-0.4, -0.2) is 16.8 Å². The Balaban J connectivity index is 2.59. The van der Waals surface area contributed by atoms with Crippen molar-refractivity contribution < 1.29 is 19.0 Å². The van der Waals surface area contributed by atoms with Crippen LogP contribution in [0.5, 0.6) is 17.2 Å². The fourth-order valence-electron chi connectivity index (χ4n) is 1.92. The molecular formula is C16H20O5. The van der Waals surface area contributed by atoms with E-state index in [1.54, 1.807) is 18.2 Å². The van der Waals surface area contributed by atoms with Crippen molar-refractivity contribution in [3.63, 3.8) is 0 Å². The second kappa shape index (κ2) is 5.31. The van der Waals surface area contributed by atoms with Gasteiger partial charge < -0.3 is 19.0 Å². The summed E-state index contributed by atoms with van der Waals surface area (Å²) >= 11 is 0. The molecule has 1 aromatic heterocycles. The molecule has 0 amide bonds. The van der Waals surface area contributed by atoms with Gasteiger partial charge in [-0.15, -0.1) is 0 Å². The molecule has 5 nitrogen and oxygen atoms in total. The zero-order valence-electron chi connectivity index (χ0n) is 12.9. The maximum atomic E-state index is 11.7. The van der Waals surface area contributed by atoms with Gasteiger partial charge in [0.2, 0.25) is 5.75 Å². The van der Waals surface area contributed by atoms with Crippen molar-refractivity contribution in [2.24, 2.45) is 0 Å². The van der Waals surface area contributed by atoms with Gasteiger partial charge in [-0.3, -0.25) is 0 Å². The average molecular weight is 292 g/mol. The summed E-state index contributed by atoms with van der Waals surface area (Å²) in [5, 5.41) is 10.4. The predicted molar refractivity (Wildman–Crippen MR) is 80.3 cm³/mol. The van der Waals surface area contributed by atoms with Crippen molar-refractivity contribution in [1.82, 2.24) is 0 Å². The van der Waals surface area contributed by atoms with Gasteiger partial charge in [0.05, 0.1) is 11.5 Å². The highest BCUT2D eigenvalue weighted by Gasteiger charge is 2.18. The Labute approximate surface area is 123 Å². The minimum atomic E-state index is -0.828. The monoisotopic (exact) mass is 292 g/mol. The number of rotatable bonds is 3. The Morgan fingerprint density at radius 2 is 1.90 bits per heavy atom. The van der Waals surface area contributed by atoms with Gasteiger partial charge in [-0.2, -0.15) is 0 Å². The Morgan fingerprint density at radius 1 is 1.24 bits per heavy atom. The summed E-state index contributed by atoms with van der Waals surface area (Å²) < 4.78 is 16.4. The molecule has 0 unspecified atom stereocenters. The van der Waals surface area contributed by atoms with Crippen molar-refractivity contribution in [2.75, 3.05) is 0 Å².